The van der Waals surface area contributed by atoms with E-state index in [1.54, 1.807) is 0 Å². The third kappa shape index (κ3) is 3.35. The maximum absolute atomic E-state index is 13.0. The molecule has 2 N–H and O–H groups in total. The quantitative estimate of drug-likeness (QED) is 0.817. The molecule has 0 aliphatic heterocycles. The maximum Gasteiger partial charge on any atom is 0.416 e. The zero-order valence-electron chi connectivity index (χ0n) is 7.45. The molecule has 90 valence electrons. The molecule has 0 saturated carbocycles. The van der Waals surface area contributed by atoms with Crippen molar-refractivity contribution in [1.29, 1.82) is 0 Å². The molecule has 1 aromatic carbocycles. The van der Waals surface area contributed by atoms with Crippen LogP contribution in [0.5, 0.6) is 5.75 Å². The summed E-state index contributed by atoms with van der Waals surface area (Å²) in [7, 11) is -4.47. The van der Waals surface area contributed by atoms with Gasteiger partial charge in [0.15, 0.2) is 11.6 Å². The number of hydrogen-bond donors (Lipinski definition) is 1. The van der Waals surface area contributed by atoms with Gasteiger partial charge in [0.25, 0.3) is 0 Å². The Kier molecular flexibility index (Phi) is 3.10. The Morgan fingerprint density at radius 1 is 1.25 bits per heavy atom. The highest BCUT2D eigenvalue weighted by molar-refractivity contribution is 7.84. The first-order chi connectivity index (χ1) is 7.09. The summed E-state index contributed by atoms with van der Waals surface area (Å²) in [4.78, 5) is 0. The van der Waals surface area contributed by atoms with Crippen LogP contribution >= 0.6 is 0 Å². The van der Waals surface area contributed by atoms with Crippen LogP contribution in [0.3, 0.4) is 0 Å². The smallest absolute Gasteiger partial charge is 0.368 e. The zero-order valence-corrected chi connectivity index (χ0v) is 8.27. The van der Waals surface area contributed by atoms with Crippen LogP contribution in [0.4, 0.5) is 17.6 Å². The first kappa shape index (κ1) is 12.7. The lowest BCUT2D eigenvalue weighted by atomic mass is 10.2. The third-order valence-corrected chi connectivity index (χ3v) is 1.88. The molecule has 0 spiro atoms. The number of hydrogen-bond acceptors (Lipinski definition) is 3. The average Bonchev–Trinajstić information content (AvgIpc) is 2.04. The molecule has 16 heavy (non-hydrogen) atoms. The molecule has 0 bridgehead atoms. The molecule has 0 heterocycles. The monoisotopic (exact) mass is 259 g/mol. The van der Waals surface area contributed by atoms with Crippen LogP contribution in [0.2, 0.25) is 0 Å². The largest absolute Gasteiger partial charge is 0.416 e. The van der Waals surface area contributed by atoms with E-state index in [0.717, 1.165) is 0 Å². The minimum atomic E-state index is -4.72. The summed E-state index contributed by atoms with van der Waals surface area (Å²) in [5.41, 5.74) is -1.26. The number of alkyl halides is 3. The van der Waals surface area contributed by atoms with E-state index < -0.39 is 33.6 Å². The molecule has 4 nitrogen and oxygen atoms in total. The fourth-order valence-corrected chi connectivity index (χ4v) is 1.26. The number of nitrogens with two attached hydrogens (primary N) is 1. The topological polar surface area (TPSA) is 69.4 Å². The van der Waals surface area contributed by atoms with Gasteiger partial charge in [-0.1, -0.05) is 0 Å². The molecule has 9 heteroatoms. The summed E-state index contributed by atoms with van der Waals surface area (Å²) < 4.78 is 73.9. The Morgan fingerprint density at radius 2 is 1.81 bits per heavy atom. The SMILES string of the molecule is NS(=O)(=O)Oc1ccc(C(F)(F)F)cc1F. The van der Waals surface area contributed by atoms with Gasteiger partial charge < -0.3 is 4.18 Å². The summed E-state index contributed by atoms with van der Waals surface area (Å²) in [5.74, 6) is -2.36. The van der Waals surface area contributed by atoms with E-state index in [4.69, 9.17) is 0 Å². The van der Waals surface area contributed by atoms with Crippen LogP contribution < -0.4 is 9.32 Å². The van der Waals surface area contributed by atoms with E-state index >= 15 is 0 Å². The van der Waals surface area contributed by atoms with E-state index in [9.17, 15) is 26.0 Å². The van der Waals surface area contributed by atoms with Crippen molar-refractivity contribution in [2.24, 2.45) is 5.14 Å². The summed E-state index contributed by atoms with van der Waals surface area (Å²) in [6, 6.07) is 1.12. The van der Waals surface area contributed by atoms with Crippen molar-refractivity contribution >= 4 is 10.3 Å². The summed E-state index contributed by atoms with van der Waals surface area (Å²) in [5, 5.41) is 4.42. The molecule has 0 radical (unpaired) electrons. The van der Waals surface area contributed by atoms with Crippen molar-refractivity contribution in [3.8, 4) is 5.75 Å². The van der Waals surface area contributed by atoms with Gasteiger partial charge in [-0.05, 0) is 18.2 Å². The van der Waals surface area contributed by atoms with E-state index in [0.29, 0.717) is 12.1 Å². The van der Waals surface area contributed by atoms with Gasteiger partial charge >= 0.3 is 16.5 Å². The van der Waals surface area contributed by atoms with Crippen LogP contribution in [-0.4, -0.2) is 8.42 Å². The van der Waals surface area contributed by atoms with Crippen molar-refractivity contribution in [1.82, 2.24) is 0 Å². The lowest BCUT2D eigenvalue weighted by Crippen LogP contribution is -2.19. The summed E-state index contributed by atoms with van der Waals surface area (Å²) in [6.45, 7) is 0. The first-order valence-corrected chi connectivity index (χ1v) is 5.16. The Balaban J connectivity index is 3.11. The summed E-state index contributed by atoms with van der Waals surface area (Å²) >= 11 is 0. The second-order valence-electron chi connectivity index (χ2n) is 2.72. The normalized spacial score (nSPS) is 12.6. The first-order valence-electron chi connectivity index (χ1n) is 3.68. The minimum Gasteiger partial charge on any atom is -0.368 e. The van der Waals surface area contributed by atoms with Crippen molar-refractivity contribution < 1.29 is 30.2 Å². The van der Waals surface area contributed by atoms with Gasteiger partial charge in [-0.15, -0.1) is 0 Å². The number of rotatable bonds is 2. The van der Waals surface area contributed by atoms with E-state index in [2.05, 4.69) is 9.32 Å². The Morgan fingerprint density at radius 3 is 2.19 bits per heavy atom. The summed E-state index contributed by atoms with van der Waals surface area (Å²) in [6.07, 6.45) is -4.72. The molecule has 0 saturated heterocycles. The van der Waals surface area contributed by atoms with Gasteiger partial charge in [0.1, 0.15) is 0 Å². The second-order valence-corrected chi connectivity index (χ2v) is 3.87. The molecule has 1 rings (SSSR count). The fourth-order valence-electron chi connectivity index (χ4n) is 0.870. The van der Waals surface area contributed by atoms with E-state index in [-0.39, 0.29) is 6.07 Å². The van der Waals surface area contributed by atoms with Gasteiger partial charge in [0.05, 0.1) is 5.56 Å². The van der Waals surface area contributed by atoms with Gasteiger partial charge in [0.2, 0.25) is 0 Å². The van der Waals surface area contributed by atoms with Crippen molar-refractivity contribution in [2.75, 3.05) is 0 Å². The molecule has 0 atom stereocenters. The van der Waals surface area contributed by atoms with E-state index in [1.807, 2.05) is 0 Å². The predicted octanol–water partition coefficient (Wildman–Crippen LogP) is 1.43. The lowest BCUT2D eigenvalue weighted by molar-refractivity contribution is -0.137. The molecule has 0 aliphatic rings. The number of benzene rings is 1. The van der Waals surface area contributed by atoms with E-state index in [1.165, 1.54) is 0 Å². The lowest BCUT2D eigenvalue weighted by Gasteiger charge is -2.08. The average molecular weight is 259 g/mol. The highest BCUT2D eigenvalue weighted by Gasteiger charge is 2.31. The molecule has 0 aromatic heterocycles. The molecule has 1 aromatic rings. The molecule has 0 aliphatic carbocycles. The molecular weight excluding hydrogens is 254 g/mol. The van der Waals surface area contributed by atoms with Crippen LogP contribution in [-0.2, 0) is 16.5 Å². The highest BCUT2D eigenvalue weighted by atomic mass is 32.2. The Hall–Kier alpha value is -1.35. The van der Waals surface area contributed by atoms with Crippen molar-refractivity contribution in [3.05, 3.63) is 29.6 Å². The minimum absolute atomic E-state index is 0.112. The van der Waals surface area contributed by atoms with Crippen LogP contribution in [0.15, 0.2) is 18.2 Å². The van der Waals surface area contributed by atoms with Crippen LogP contribution in [0.25, 0.3) is 0 Å². The van der Waals surface area contributed by atoms with Crippen molar-refractivity contribution in [2.45, 2.75) is 6.18 Å². The third-order valence-electron chi connectivity index (χ3n) is 1.47. The van der Waals surface area contributed by atoms with Crippen molar-refractivity contribution in [3.63, 3.8) is 0 Å². The van der Waals surface area contributed by atoms with Gasteiger partial charge in [0, 0.05) is 0 Å². The predicted molar refractivity (Wildman–Crippen MR) is 45.1 cm³/mol. The van der Waals surface area contributed by atoms with Crippen LogP contribution in [0.1, 0.15) is 5.56 Å². The Bertz CT molecular complexity index is 497. The second kappa shape index (κ2) is 3.91. The molecule has 0 fully saturated rings. The van der Waals surface area contributed by atoms with Crippen LogP contribution in [0, 0.1) is 5.82 Å². The number of halogens is 4. The molecule has 0 amide bonds. The van der Waals surface area contributed by atoms with Gasteiger partial charge in [-0.3, -0.25) is 0 Å². The van der Waals surface area contributed by atoms with Gasteiger partial charge in [-0.25, -0.2) is 4.39 Å². The van der Waals surface area contributed by atoms with Gasteiger partial charge in [-0.2, -0.15) is 26.7 Å². The molecule has 0 unspecified atom stereocenters. The highest BCUT2D eigenvalue weighted by Crippen LogP contribution is 2.32. The standard InChI is InChI=1S/C7H5F4NO3S/c8-5-3-4(7(9,10)11)1-2-6(5)15-16(12,13)14/h1-3H,(H2,12,13,14). The Labute approximate surface area is 87.9 Å². The maximum atomic E-state index is 13.0. The fraction of sp³-hybridized carbons (Fsp3) is 0.143. The molecular formula is C7H5F4NO3S. The zero-order chi connectivity index (χ0) is 12.6.